The smallest absolute Gasteiger partial charge is 0.145 e. The van der Waals surface area contributed by atoms with Gasteiger partial charge in [-0.15, -0.1) is 0 Å². The number of hydrogen-bond acceptors (Lipinski definition) is 4. The molecule has 0 saturated heterocycles. The maximum atomic E-state index is 5.71. The SMILES string of the molecule is Nc1cnn(Cc2ccncc2)c1N. The molecule has 0 aromatic carbocycles. The Morgan fingerprint density at radius 2 is 1.93 bits per heavy atom. The van der Waals surface area contributed by atoms with Crippen molar-refractivity contribution in [3.05, 3.63) is 36.3 Å². The van der Waals surface area contributed by atoms with Crippen LogP contribution in [0.3, 0.4) is 0 Å². The first-order valence-corrected chi connectivity index (χ1v) is 4.23. The first kappa shape index (κ1) is 8.55. The molecule has 72 valence electrons. The van der Waals surface area contributed by atoms with Crippen molar-refractivity contribution in [2.45, 2.75) is 6.54 Å². The van der Waals surface area contributed by atoms with E-state index >= 15 is 0 Å². The molecule has 5 heteroatoms. The standard InChI is InChI=1S/C9H11N5/c10-8-5-13-14(9(8)11)6-7-1-3-12-4-2-7/h1-5H,6,10-11H2. The Bertz CT molecular complexity index is 420. The first-order chi connectivity index (χ1) is 6.77. The largest absolute Gasteiger partial charge is 0.394 e. The normalized spacial score (nSPS) is 10.3. The zero-order valence-electron chi connectivity index (χ0n) is 7.59. The Morgan fingerprint density at radius 3 is 2.50 bits per heavy atom. The average Bonchev–Trinajstić information content (AvgIpc) is 2.52. The molecule has 5 nitrogen and oxygen atoms in total. The number of nitrogen functional groups attached to an aromatic ring is 2. The van der Waals surface area contributed by atoms with Crippen LogP contribution >= 0.6 is 0 Å². The van der Waals surface area contributed by atoms with Crippen molar-refractivity contribution in [2.75, 3.05) is 11.5 Å². The van der Waals surface area contributed by atoms with Gasteiger partial charge in [-0.05, 0) is 17.7 Å². The Balaban J connectivity index is 2.23. The number of nitrogens with zero attached hydrogens (tertiary/aromatic N) is 3. The van der Waals surface area contributed by atoms with Crippen LogP contribution in [0.4, 0.5) is 11.5 Å². The third-order valence-electron chi connectivity index (χ3n) is 1.99. The van der Waals surface area contributed by atoms with E-state index in [1.807, 2.05) is 12.1 Å². The van der Waals surface area contributed by atoms with E-state index in [1.54, 1.807) is 23.3 Å². The Hall–Kier alpha value is -2.04. The topological polar surface area (TPSA) is 82.8 Å². The summed E-state index contributed by atoms with van der Waals surface area (Å²) in [6.45, 7) is 0.617. The van der Waals surface area contributed by atoms with Crippen LogP contribution in [0, 0.1) is 0 Å². The minimum absolute atomic E-state index is 0.502. The van der Waals surface area contributed by atoms with Gasteiger partial charge in [0.25, 0.3) is 0 Å². The number of rotatable bonds is 2. The molecule has 0 spiro atoms. The number of aromatic nitrogens is 3. The molecule has 14 heavy (non-hydrogen) atoms. The van der Waals surface area contributed by atoms with Crippen molar-refractivity contribution >= 4 is 11.5 Å². The molecule has 4 N–H and O–H groups in total. The van der Waals surface area contributed by atoms with Gasteiger partial charge < -0.3 is 11.5 Å². The highest BCUT2D eigenvalue weighted by atomic mass is 15.3. The van der Waals surface area contributed by atoms with E-state index in [-0.39, 0.29) is 0 Å². The number of hydrogen-bond donors (Lipinski definition) is 2. The molecule has 0 aliphatic rings. The van der Waals surface area contributed by atoms with E-state index < -0.39 is 0 Å². The van der Waals surface area contributed by atoms with E-state index in [2.05, 4.69) is 10.1 Å². The molecule has 2 rings (SSSR count). The molecule has 2 heterocycles. The van der Waals surface area contributed by atoms with Crippen molar-refractivity contribution in [1.29, 1.82) is 0 Å². The molecular weight excluding hydrogens is 178 g/mol. The van der Waals surface area contributed by atoms with Gasteiger partial charge in [0.1, 0.15) is 5.82 Å². The van der Waals surface area contributed by atoms with Crippen molar-refractivity contribution in [2.24, 2.45) is 0 Å². The van der Waals surface area contributed by atoms with Gasteiger partial charge in [-0.25, -0.2) is 4.68 Å². The average molecular weight is 189 g/mol. The number of nitrogens with two attached hydrogens (primary N) is 2. The van der Waals surface area contributed by atoms with Crippen LogP contribution in [0.1, 0.15) is 5.56 Å². The second kappa shape index (κ2) is 3.37. The molecule has 0 aliphatic heterocycles. The summed E-state index contributed by atoms with van der Waals surface area (Å²) in [5.74, 6) is 0.502. The predicted molar refractivity (Wildman–Crippen MR) is 54.4 cm³/mol. The highest BCUT2D eigenvalue weighted by molar-refractivity contribution is 5.57. The quantitative estimate of drug-likeness (QED) is 0.720. The van der Waals surface area contributed by atoms with Gasteiger partial charge in [0.05, 0.1) is 18.4 Å². The summed E-state index contributed by atoms with van der Waals surface area (Å²) in [4.78, 5) is 3.93. The van der Waals surface area contributed by atoms with Gasteiger partial charge in [0.2, 0.25) is 0 Å². The fourth-order valence-corrected chi connectivity index (χ4v) is 1.20. The van der Waals surface area contributed by atoms with Crippen molar-refractivity contribution in [1.82, 2.24) is 14.8 Å². The summed E-state index contributed by atoms with van der Waals surface area (Å²) in [5, 5.41) is 4.06. The summed E-state index contributed by atoms with van der Waals surface area (Å²) in [6, 6.07) is 3.83. The monoisotopic (exact) mass is 189 g/mol. The van der Waals surface area contributed by atoms with Crippen LogP contribution in [-0.2, 0) is 6.54 Å². The summed E-state index contributed by atoms with van der Waals surface area (Å²) in [5.41, 5.74) is 12.9. The molecule has 0 saturated carbocycles. The van der Waals surface area contributed by atoms with E-state index in [0.29, 0.717) is 18.1 Å². The first-order valence-electron chi connectivity index (χ1n) is 4.23. The third kappa shape index (κ3) is 1.52. The molecule has 0 fully saturated rings. The molecule has 2 aromatic heterocycles. The molecule has 2 aromatic rings. The number of pyridine rings is 1. The van der Waals surface area contributed by atoms with Crippen LogP contribution in [0.25, 0.3) is 0 Å². The minimum atomic E-state index is 0.502. The summed E-state index contributed by atoms with van der Waals surface area (Å²) < 4.78 is 1.66. The zero-order valence-corrected chi connectivity index (χ0v) is 7.59. The van der Waals surface area contributed by atoms with Gasteiger partial charge in [0, 0.05) is 12.4 Å². The van der Waals surface area contributed by atoms with Gasteiger partial charge >= 0.3 is 0 Å². The number of anilines is 2. The van der Waals surface area contributed by atoms with Crippen molar-refractivity contribution in [3.63, 3.8) is 0 Å². The maximum absolute atomic E-state index is 5.71. The fourth-order valence-electron chi connectivity index (χ4n) is 1.20. The maximum Gasteiger partial charge on any atom is 0.145 e. The third-order valence-corrected chi connectivity index (χ3v) is 1.99. The van der Waals surface area contributed by atoms with Crippen LogP contribution < -0.4 is 11.5 Å². The predicted octanol–water partition coefficient (Wildman–Crippen LogP) is 0.491. The van der Waals surface area contributed by atoms with Crippen LogP contribution in [0.15, 0.2) is 30.7 Å². The second-order valence-electron chi connectivity index (χ2n) is 3.00. The van der Waals surface area contributed by atoms with Gasteiger partial charge in [0.15, 0.2) is 0 Å². The highest BCUT2D eigenvalue weighted by Crippen LogP contribution is 2.13. The van der Waals surface area contributed by atoms with Gasteiger partial charge in [-0.1, -0.05) is 0 Å². The molecular formula is C9H11N5. The zero-order chi connectivity index (χ0) is 9.97. The fraction of sp³-hybridized carbons (Fsp3) is 0.111. The molecule has 0 bridgehead atoms. The molecule has 0 aliphatic carbocycles. The second-order valence-corrected chi connectivity index (χ2v) is 3.00. The van der Waals surface area contributed by atoms with Gasteiger partial charge in [-0.2, -0.15) is 5.10 Å². The Labute approximate surface area is 81.4 Å². The molecule has 0 radical (unpaired) electrons. The lowest BCUT2D eigenvalue weighted by Gasteiger charge is -2.03. The lowest BCUT2D eigenvalue weighted by molar-refractivity contribution is 0.696. The van der Waals surface area contributed by atoms with Crippen molar-refractivity contribution in [3.8, 4) is 0 Å². The Morgan fingerprint density at radius 1 is 1.21 bits per heavy atom. The van der Waals surface area contributed by atoms with Gasteiger partial charge in [-0.3, -0.25) is 4.98 Å². The van der Waals surface area contributed by atoms with E-state index in [4.69, 9.17) is 11.5 Å². The van der Waals surface area contributed by atoms with E-state index in [1.165, 1.54) is 0 Å². The summed E-state index contributed by atoms with van der Waals surface area (Å²) in [7, 11) is 0. The summed E-state index contributed by atoms with van der Waals surface area (Å²) >= 11 is 0. The molecule has 0 amide bonds. The van der Waals surface area contributed by atoms with Crippen molar-refractivity contribution < 1.29 is 0 Å². The summed E-state index contributed by atoms with van der Waals surface area (Å²) in [6.07, 6.45) is 5.02. The lowest BCUT2D eigenvalue weighted by Crippen LogP contribution is -2.06. The highest BCUT2D eigenvalue weighted by Gasteiger charge is 2.03. The van der Waals surface area contributed by atoms with E-state index in [0.717, 1.165) is 5.56 Å². The minimum Gasteiger partial charge on any atom is -0.394 e. The molecule has 0 unspecified atom stereocenters. The van der Waals surface area contributed by atoms with Crippen LogP contribution in [0.5, 0.6) is 0 Å². The van der Waals surface area contributed by atoms with Crippen LogP contribution in [-0.4, -0.2) is 14.8 Å². The molecule has 0 atom stereocenters. The van der Waals surface area contributed by atoms with E-state index in [9.17, 15) is 0 Å². The lowest BCUT2D eigenvalue weighted by atomic mass is 10.3. The Kier molecular flexibility index (Phi) is 2.06. The van der Waals surface area contributed by atoms with Crippen LogP contribution in [0.2, 0.25) is 0 Å².